The molecule has 0 aliphatic carbocycles. The fraction of sp³-hybridized carbons (Fsp3) is 0.333. The van der Waals surface area contributed by atoms with Crippen molar-refractivity contribution in [2.45, 2.75) is 25.7 Å². The Morgan fingerprint density at radius 1 is 1.14 bits per heavy atom. The van der Waals surface area contributed by atoms with Crippen molar-refractivity contribution >= 4 is 5.97 Å². The third-order valence-electron chi connectivity index (χ3n) is 4.02. The van der Waals surface area contributed by atoms with Crippen molar-refractivity contribution < 1.29 is 9.53 Å². The Hall–Kier alpha value is -2.20. The summed E-state index contributed by atoms with van der Waals surface area (Å²) in [5, 5.41) is 3.35. The minimum Gasteiger partial charge on any atom is -0.422 e. The number of pyridine rings is 1. The fourth-order valence-electron chi connectivity index (χ4n) is 2.74. The number of aryl methyl sites for hydroxylation is 1. The molecule has 1 aliphatic rings. The summed E-state index contributed by atoms with van der Waals surface area (Å²) in [5.41, 5.74) is 2.26. The second-order valence-electron chi connectivity index (χ2n) is 5.63. The van der Waals surface area contributed by atoms with Crippen LogP contribution in [-0.4, -0.2) is 24.0 Å². The first kappa shape index (κ1) is 14.7. The molecule has 0 radical (unpaired) electrons. The van der Waals surface area contributed by atoms with Gasteiger partial charge in [-0.05, 0) is 56.6 Å². The van der Waals surface area contributed by atoms with E-state index in [1.807, 2.05) is 37.3 Å². The van der Waals surface area contributed by atoms with Gasteiger partial charge in [0.2, 0.25) is 0 Å². The van der Waals surface area contributed by atoms with Crippen LogP contribution in [0.15, 0.2) is 42.5 Å². The van der Waals surface area contributed by atoms with Gasteiger partial charge >= 0.3 is 5.97 Å². The maximum atomic E-state index is 12.4. The molecule has 3 rings (SSSR count). The van der Waals surface area contributed by atoms with Gasteiger partial charge in [0, 0.05) is 11.6 Å². The molecule has 1 aromatic heterocycles. The number of ether oxygens (including phenoxy) is 1. The van der Waals surface area contributed by atoms with Crippen LogP contribution in [-0.2, 0) is 0 Å². The van der Waals surface area contributed by atoms with E-state index in [9.17, 15) is 4.79 Å². The lowest BCUT2D eigenvalue weighted by molar-refractivity contribution is 0.0727. The number of rotatable bonds is 3. The smallest absolute Gasteiger partial charge is 0.362 e. The highest BCUT2D eigenvalue weighted by molar-refractivity contribution is 5.90. The number of esters is 1. The maximum Gasteiger partial charge on any atom is 0.362 e. The number of hydrogen-bond donors (Lipinski definition) is 1. The highest BCUT2D eigenvalue weighted by Gasteiger charge is 2.20. The molecule has 0 spiro atoms. The van der Waals surface area contributed by atoms with E-state index in [1.165, 1.54) is 0 Å². The van der Waals surface area contributed by atoms with E-state index in [1.54, 1.807) is 12.1 Å². The quantitative estimate of drug-likeness (QED) is 0.698. The number of benzene rings is 1. The summed E-state index contributed by atoms with van der Waals surface area (Å²) >= 11 is 0. The molecule has 0 amide bonds. The number of piperidine rings is 1. The highest BCUT2D eigenvalue weighted by Crippen LogP contribution is 2.24. The Morgan fingerprint density at radius 2 is 1.86 bits per heavy atom. The van der Waals surface area contributed by atoms with Gasteiger partial charge < -0.3 is 10.1 Å². The summed E-state index contributed by atoms with van der Waals surface area (Å²) in [6.07, 6.45) is 2.12. The molecule has 1 fully saturated rings. The lowest BCUT2D eigenvalue weighted by Crippen LogP contribution is -2.27. The van der Waals surface area contributed by atoms with Crippen LogP contribution in [0.25, 0.3) is 0 Å². The van der Waals surface area contributed by atoms with Gasteiger partial charge in [-0.2, -0.15) is 0 Å². The molecule has 0 atom stereocenters. The Bertz CT molecular complexity index is 649. The van der Waals surface area contributed by atoms with Gasteiger partial charge in [0.15, 0.2) is 5.69 Å². The lowest BCUT2D eigenvalue weighted by atomic mass is 9.93. The zero-order chi connectivity index (χ0) is 15.4. The third-order valence-corrected chi connectivity index (χ3v) is 4.02. The van der Waals surface area contributed by atoms with Crippen molar-refractivity contribution in [1.29, 1.82) is 0 Å². The monoisotopic (exact) mass is 296 g/mol. The van der Waals surface area contributed by atoms with E-state index >= 15 is 0 Å². The van der Waals surface area contributed by atoms with Crippen LogP contribution < -0.4 is 10.1 Å². The number of carbonyl (C=O) groups is 1. The van der Waals surface area contributed by atoms with E-state index in [4.69, 9.17) is 4.74 Å². The van der Waals surface area contributed by atoms with E-state index in [2.05, 4.69) is 10.3 Å². The van der Waals surface area contributed by atoms with Gasteiger partial charge in [0.25, 0.3) is 0 Å². The molecule has 2 heterocycles. The molecular formula is C18H20N2O2. The van der Waals surface area contributed by atoms with Crippen LogP contribution in [0, 0.1) is 6.92 Å². The summed E-state index contributed by atoms with van der Waals surface area (Å²) in [4.78, 5) is 17.0. The molecule has 1 aromatic carbocycles. The molecule has 22 heavy (non-hydrogen) atoms. The molecule has 0 saturated carbocycles. The summed E-state index contributed by atoms with van der Waals surface area (Å²) < 4.78 is 5.41. The minimum atomic E-state index is -0.389. The van der Waals surface area contributed by atoms with Crippen LogP contribution in [0.2, 0.25) is 0 Å². The number of hydrogen-bond acceptors (Lipinski definition) is 4. The second kappa shape index (κ2) is 6.71. The molecule has 0 bridgehead atoms. The number of nitrogens with one attached hydrogen (secondary N) is 1. The average molecular weight is 296 g/mol. The van der Waals surface area contributed by atoms with Gasteiger partial charge in [0.1, 0.15) is 5.75 Å². The summed E-state index contributed by atoms with van der Waals surface area (Å²) in [6, 6.07) is 13.1. The highest BCUT2D eigenvalue weighted by atomic mass is 16.5. The third kappa shape index (κ3) is 3.34. The van der Waals surface area contributed by atoms with Gasteiger partial charge in [-0.3, -0.25) is 0 Å². The Kier molecular flexibility index (Phi) is 4.49. The minimum absolute atomic E-state index is 0.389. The van der Waals surface area contributed by atoms with Crippen LogP contribution in [0.1, 0.15) is 40.5 Å². The molecule has 114 valence electrons. The molecule has 1 aliphatic heterocycles. The predicted molar refractivity (Wildman–Crippen MR) is 85.2 cm³/mol. The van der Waals surface area contributed by atoms with Crippen LogP contribution in [0.3, 0.4) is 0 Å². The van der Waals surface area contributed by atoms with Gasteiger partial charge in [-0.15, -0.1) is 0 Å². The summed E-state index contributed by atoms with van der Waals surface area (Å²) in [6.45, 7) is 3.90. The fourth-order valence-corrected chi connectivity index (χ4v) is 2.74. The second-order valence-corrected chi connectivity index (χ2v) is 5.63. The van der Waals surface area contributed by atoms with Gasteiger partial charge in [0.05, 0.1) is 0 Å². The van der Waals surface area contributed by atoms with E-state index < -0.39 is 0 Å². The molecule has 1 saturated heterocycles. The van der Waals surface area contributed by atoms with Crippen LogP contribution >= 0.6 is 0 Å². The van der Waals surface area contributed by atoms with Crippen LogP contribution in [0.5, 0.6) is 5.75 Å². The van der Waals surface area contributed by atoms with Crippen molar-refractivity contribution in [3.8, 4) is 5.75 Å². The zero-order valence-corrected chi connectivity index (χ0v) is 12.7. The predicted octanol–water partition coefficient (Wildman–Crippen LogP) is 3.08. The first-order chi connectivity index (χ1) is 10.7. The number of nitrogens with zero attached hydrogens (tertiary/aromatic N) is 1. The molecule has 4 nitrogen and oxygen atoms in total. The summed E-state index contributed by atoms with van der Waals surface area (Å²) in [5.74, 6) is 0.575. The number of carbonyl (C=O) groups excluding carboxylic acids is 1. The first-order valence-corrected chi connectivity index (χ1v) is 7.69. The summed E-state index contributed by atoms with van der Waals surface area (Å²) in [7, 11) is 0. The molecule has 4 heteroatoms. The van der Waals surface area contributed by atoms with Gasteiger partial charge in [-0.1, -0.05) is 24.3 Å². The Morgan fingerprint density at radius 3 is 2.59 bits per heavy atom. The Labute approximate surface area is 130 Å². The standard InChI is InChI=1S/C18H20N2O2/c1-13-7-8-16(14-9-11-19-12-10-14)20-17(13)18(21)22-15-5-3-2-4-6-15/h2-8,14,19H,9-12H2,1H3. The largest absolute Gasteiger partial charge is 0.422 e. The molecular weight excluding hydrogens is 276 g/mol. The van der Waals surface area contributed by atoms with E-state index in [0.29, 0.717) is 17.4 Å². The molecule has 1 N–H and O–H groups in total. The Balaban J connectivity index is 1.81. The maximum absolute atomic E-state index is 12.4. The topological polar surface area (TPSA) is 51.2 Å². The number of para-hydroxylation sites is 1. The van der Waals surface area contributed by atoms with Gasteiger partial charge in [-0.25, -0.2) is 9.78 Å². The van der Waals surface area contributed by atoms with Crippen molar-refractivity contribution in [1.82, 2.24) is 10.3 Å². The zero-order valence-electron chi connectivity index (χ0n) is 12.7. The first-order valence-electron chi connectivity index (χ1n) is 7.69. The van der Waals surface area contributed by atoms with Crippen LogP contribution in [0.4, 0.5) is 0 Å². The molecule has 0 unspecified atom stereocenters. The number of aromatic nitrogens is 1. The van der Waals surface area contributed by atoms with Crippen molar-refractivity contribution in [3.63, 3.8) is 0 Å². The van der Waals surface area contributed by atoms with Crippen molar-refractivity contribution in [2.24, 2.45) is 0 Å². The SMILES string of the molecule is Cc1ccc(C2CCNCC2)nc1C(=O)Oc1ccccc1. The lowest BCUT2D eigenvalue weighted by Gasteiger charge is -2.22. The van der Waals surface area contributed by atoms with E-state index in [0.717, 1.165) is 37.2 Å². The van der Waals surface area contributed by atoms with Crippen molar-refractivity contribution in [3.05, 3.63) is 59.4 Å². The average Bonchev–Trinajstić information content (AvgIpc) is 2.57. The van der Waals surface area contributed by atoms with Crippen molar-refractivity contribution in [2.75, 3.05) is 13.1 Å². The van der Waals surface area contributed by atoms with E-state index in [-0.39, 0.29) is 5.97 Å². The normalized spacial score (nSPS) is 15.5. The molecule has 2 aromatic rings.